The minimum Gasteiger partial charge on any atom is -0.305 e. The van der Waals surface area contributed by atoms with Gasteiger partial charge in [-0.05, 0) is 36.8 Å². The molecule has 0 amide bonds. The number of nitrogens with one attached hydrogen (secondary N) is 1. The van der Waals surface area contributed by atoms with Crippen molar-refractivity contribution in [1.82, 2.24) is 5.43 Å². The van der Waals surface area contributed by atoms with E-state index in [2.05, 4.69) is 26.5 Å². The lowest BCUT2D eigenvalue weighted by molar-refractivity contribution is 0.744. The van der Waals surface area contributed by atoms with Gasteiger partial charge in [-0.25, -0.2) is 0 Å². The highest BCUT2D eigenvalue weighted by molar-refractivity contribution is 9.10. The molecule has 0 atom stereocenters. The normalized spacial score (nSPS) is 11.5. The van der Waals surface area contributed by atoms with Gasteiger partial charge in [0.15, 0.2) is 0 Å². The van der Waals surface area contributed by atoms with E-state index in [1.165, 1.54) is 0 Å². The highest BCUT2D eigenvalue weighted by atomic mass is 79.9. The largest absolute Gasteiger partial charge is 0.305 e. The fourth-order valence-corrected chi connectivity index (χ4v) is 2.49. The smallest absolute Gasteiger partial charge is 0.0644 e. The monoisotopic (exact) mass is 370 g/mol. The summed E-state index contributed by atoms with van der Waals surface area (Å²) in [5, 5.41) is 5.62. The third kappa shape index (κ3) is 3.98. The molecule has 2 aromatic carbocycles. The second-order valence-corrected chi connectivity index (χ2v) is 5.97. The molecular weight excluding hydrogens is 359 g/mol. The van der Waals surface area contributed by atoms with Crippen LogP contribution in [0.25, 0.3) is 0 Å². The topological polar surface area (TPSA) is 24.4 Å². The molecule has 0 radical (unpaired) electrons. The van der Waals surface area contributed by atoms with Crippen LogP contribution in [0.5, 0.6) is 0 Å². The van der Waals surface area contributed by atoms with Gasteiger partial charge in [0.2, 0.25) is 0 Å². The molecule has 20 heavy (non-hydrogen) atoms. The van der Waals surface area contributed by atoms with E-state index in [0.29, 0.717) is 16.6 Å². The Morgan fingerprint density at radius 1 is 1.10 bits per heavy atom. The molecule has 0 aromatic heterocycles. The molecule has 0 saturated heterocycles. The quantitative estimate of drug-likeness (QED) is 0.574. The molecule has 0 spiro atoms. The van der Waals surface area contributed by atoms with Crippen LogP contribution < -0.4 is 5.43 Å². The molecule has 2 rings (SSSR count). The summed E-state index contributed by atoms with van der Waals surface area (Å²) < 4.78 is 1.05. The van der Waals surface area contributed by atoms with Crippen LogP contribution >= 0.6 is 39.1 Å². The van der Waals surface area contributed by atoms with E-state index in [0.717, 1.165) is 21.3 Å². The van der Waals surface area contributed by atoms with Gasteiger partial charge in [-0.3, -0.25) is 0 Å². The highest BCUT2D eigenvalue weighted by Crippen LogP contribution is 2.23. The second-order valence-electron chi connectivity index (χ2n) is 4.24. The number of hydrogen-bond acceptors (Lipinski definition) is 2. The van der Waals surface area contributed by atoms with Gasteiger partial charge in [0.05, 0.1) is 12.3 Å². The third-order valence-corrected chi connectivity index (χ3v) is 4.06. The van der Waals surface area contributed by atoms with Crippen molar-refractivity contribution in [2.75, 3.05) is 0 Å². The molecule has 2 nitrogen and oxygen atoms in total. The van der Waals surface area contributed by atoms with Gasteiger partial charge < -0.3 is 5.43 Å². The molecule has 0 bridgehead atoms. The summed E-state index contributed by atoms with van der Waals surface area (Å²) in [6, 6.07) is 13.4. The zero-order valence-corrected chi connectivity index (χ0v) is 13.9. The molecule has 5 heteroatoms. The molecule has 0 saturated carbocycles. The van der Waals surface area contributed by atoms with Gasteiger partial charge in [0.1, 0.15) is 0 Å². The van der Waals surface area contributed by atoms with Crippen molar-refractivity contribution in [3.63, 3.8) is 0 Å². The molecular formula is C15H13BrCl2N2. The molecule has 0 aliphatic carbocycles. The summed E-state index contributed by atoms with van der Waals surface area (Å²) in [5.74, 6) is 0. The molecule has 0 aliphatic rings. The maximum absolute atomic E-state index is 6.10. The summed E-state index contributed by atoms with van der Waals surface area (Å²) in [7, 11) is 0. The molecule has 104 valence electrons. The Morgan fingerprint density at radius 2 is 1.70 bits per heavy atom. The lowest BCUT2D eigenvalue weighted by Gasteiger charge is -2.07. The van der Waals surface area contributed by atoms with E-state index in [4.69, 9.17) is 23.2 Å². The number of rotatable bonds is 4. The van der Waals surface area contributed by atoms with Crippen molar-refractivity contribution in [2.45, 2.75) is 13.5 Å². The van der Waals surface area contributed by atoms with Gasteiger partial charge >= 0.3 is 0 Å². The Morgan fingerprint density at radius 3 is 2.30 bits per heavy atom. The number of hydrogen-bond donors (Lipinski definition) is 1. The van der Waals surface area contributed by atoms with Crippen LogP contribution in [0.2, 0.25) is 10.0 Å². The predicted octanol–water partition coefficient (Wildman–Crippen LogP) is 5.27. The van der Waals surface area contributed by atoms with E-state index in [1.807, 2.05) is 49.4 Å². The van der Waals surface area contributed by atoms with Gasteiger partial charge in [0, 0.05) is 20.1 Å². The maximum atomic E-state index is 6.10. The lowest BCUT2D eigenvalue weighted by Crippen LogP contribution is -2.10. The minimum atomic E-state index is 0.492. The van der Waals surface area contributed by atoms with E-state index < -0.39 is 0 Å². The summed E-state index contributed by atoms with van der Waals surface area (Å²) in [5.41, 5.74) is 5.82. The number of benzene rings is 2. The first kappa shape index (κ1) is 15.4. The zero-order valence-electron chi connectivity index (χ0n) is 10.8. The van der Waals surface area contributed by atoms with Gasteiger partial charge in [-0.15, -0.1) is 0 Å². The van der Waals surface area contributed by atoms with E-state index in [-0.39, 0.29) is 0 Å². The molecule has 1 N–H and O–H groups in total. The average molecular weight is 372 g/mol. The maximum Gasteiger partial charge on any atom is 0.0644 e. The van der Waals surface area contributed by atoms with Crippen LogP contribution in [0.4, 0.5) is 0 Å². The number of hydrazone groups is 1. The van der Waals surface area contributed by atoms with Gasteiger partial charge in [0.25, 0.3) is 0 Å². The Bertz CT molecular complexity index is 604. The van der Waals surface area contributed by atoms with Crippen molar-refractivity contribution in [2.24, 2.45) is 5.10 Å². The molecule has 0 unspecified atom stereocenters. The van der Waals surface area contributed by atoms with E-state index in [1.54, 1.807) is 0 Å². The first-order chi connectivity index (χ1) is 9.58. The van der Waals surface area contributed by atoms with Crippen LogP contribution in [-0.4, -0.2) is 5.71 Å². The molecule has 0 fully saturated rings. The average Bonchev–Trinajstić information content (AvgIpc) is 2.42. The predicted molar refractivity (Wildman–Crippen MR) is 89.7 cm³/mol. The van der Waals surface area contributed by atoms with Crippen LogP contribution in [0.15, 0.2) is 52.0 Å². The summed E-state index contributed by atoms with van der Waals surface area (Å²) >= 11 is 15.6. The Hall–Kier alpha value is -1.03. The molecule has 0 aliphatic heterocycles. The summed E-state index contributed by atoms with van der Waals surface area (Å²) in [6.45, 7) is 2.44. The van der Waals surface area contributed by atoms with Crippen molar-refractivity contribution in [3.05, 3.63) is 68.1 Å². The zero-order chi connectivity index (χ0) is 14.5. The van der Waals surface area contributed by atoms with E-state index in [9.17, 15) is 0 Å². The SMILES string of the molecule is C/C(=N\NCc1c(Cl)cccc1Cl)c1ccc(Br)cc1. The van der Waals surface area contributed by atoms with Crippen molar-refractivity contribution in [3.8, 4) is 0 Å². The number of halogens is 3. The third-order valence-electron chi connectivity index (χ3n) is 2.83. The Kier molecular flexibility index (Phi) is 5.46. The van der Waals surface area contributed by atoms with Crippen LogP contribution in [0, 0.1) is 0 Å². The highest BCUT2D eigenvalue weighted by Gasteiger charge is 2.04. The molecule has 2 aromatic rings. The first-order valence-corrected chi connectivity index (χ1v) is 7.59. The van der Waals surface area contributed by atoms with Crippen molar-refractivity contribution >= 4 is 44.8 Å². The van der Waals surface area contributed by atoms with Gasteiger partial charge in [-0.2, -0.15) is 5.10 Å². The van der Waals surface area contributed by atoms with Crippen molar-refractivity contribution < 1.29 is 0 Å². The van der Waals surface area contributed by atoms with Crippen LogP contribution in [0.3, 0.4) is 0 Å². The molecule has 0 heterocycles. The van der Waals surface area contributed by atoms with Crippen LogP contribution in [0.1, 0.15) is 18.1 Å². The lowest BCUT2D eigenvalue weighted by atomic mass is 10.1. The summed E-state index contributed by atoms with van der Waals surface area (Å²) in [6.07, 6.45) is 0. The Labute approximate surface area is 136 Å². The first-order valence-electron chi connectivity index (χ1n) is 6.04. The van der Waals surface area contributed by atoms with Gasteiger partial charge in [-0.1, -0.05) is 57.3 Å². The van der Waals surface area contributed by atoms with Crippen LogP contribution in [-0.2, 0) is 6.54 Å². The van der Waals surface area contributed by atoms with Crippen molar-refractivity contribution in [1.29, 1.82) is 0 Å². The fraction of sp³-hybridized carbons (Fsp3) is 0.133. The standard InChI is InChI=1S/C15H13BrCl2N2/c1-10(11-5-7-12(16)8-6-11)20-19-9-13-14(17)3-2-4-15(13)18/h2-8,19H,9H2,1H3/b20-10+. The second kappa shape index (κ2) is 7.11. The minimum absolute atomic E-state index is 0.492. The Balaban J connectivity index is 2.04. The van der Waals surface area contributed by atoms with E-state index >= 15 is 0 Å². The fourth-order valence-electron chi connectivity index (χ4n) is 1.69. The summed E-state index contributed by atoms with van der Waals surface area (Å²) in [4.78, 5) is 0. The number of nitrogens with zero attached hydrogens (tertiary/aromatic N) is 1.